The van der Waals surface area contributed by atoms with Crippen LogP contribution in [0, 0.1) is 17.0 Å². The molecule has 1 saturated heterocycles. The number of nitrogens with zero attached hydrogens (tertiary/aromatic N) is 4. The number of imidazole rings is 1. The Bertz CT molecular complexity index is 887. The Morgan fingerprint density at radius 2 is 2.21 bits per heavy atom. The summed E-state index contributed by atoms with van der Waals surface area (Å²) in [4.78, 5) is 25.4. The highest BCUT2D eigenvalue weighted by molar-refractivity contribution is 5.75. The number of fused-ring (bicyclic) bond motifs is 1. The molecule has 4 rings (SSSR count). The predicted molar refractivity (Wildman–Crippen MR) is 91.0 cm³/mol. The minimum atomic E-state index is -0.358. The Balaban J connectivity index is 1.77. The summed E-state index contributed by atoms with van der Waals surface area (Å²) in [5, 5.41) is 11.4. The lowest BCUT2D eigenvalue weighted by Gasteiger charge is -2.23. The van der Waals surface area contributed by atoms with Crippen LogP contribution in [0.4, 0.5) is 11.5 Å². The van der Waals surface area contributed by atoms with Crippen molar-refractivity contribution in [1.29, 1.82) is 0 Å². The van der Waals surface area contributed by atoms with E-state index in [1.54, 1.807) is 12.3 Å². The topological polar surface area (TPSA) is 88.0 Å². The maximum absolute atomic E-state index is 11.4. The second kappa shape index (κ2) is 5.59. The monoisotopic (exact) mass is 323 g/mol. The second-order valence-corrected chi connectivity index (χ2v) is 6.10. The number of aryl methyl sites for hydroxylation is 1. The molecule has 1 fully saturated rings. The van der Waals surface area contributed by atoms with Gasteiger partial charge >= 0.3 is 5.69 Å². The van der Waals surface area contributed by atoms with Crippen molar-refractivity contribution < 1.29 is 4.92 Å². The van der Waals surface area contributed by atoms with E-state index in [1.807, 2.05) is 36.1 Å². The van der Waals surface area contributed by atoms with Crippen molar-refractivity contribution in [2.45, 2.75) is 25.8 Å². The first kappa shape index (κ1) is 14.6. The molecule has 7 nitrogen and oxygen atoms in total. The fraction of sp³-hybridized carbons (Fsp3) is 0.294. The second-order valence-electron chi connectivity index (χ2n) is 6.10. The molecule has 1 aromatic carbocycles. The predicted octanol–water partition coefficient (Wildman–Crippen LogP) is 3.52. The van der Waals surface area contributed by atoms with Crippen molar-refractivity contribution in [3.63, 3.8) is 0 Å². The van der Waals surface area contributed by atoms with Crippen molar-refractivity contribution in [2.24, 2.45) is 0 Å². The van der Waals surface area contributed by atoms with E-state index in [-0.39, 0.29) is 16.7 Å². The summed E-state index contributed by atoms with van der Waals surface area (Å²) in [6.07, 6.45) is 3.53. The molecule has 1 atom stereocenters. The van der Waals surface area contributed by atoms with Crippen LogP contribution in [0.3, 0.4) is 0 Å². The van der Waals surface area contributed by atoms with Crippen LogP contribution >= 0.6 is 0 Å². The molecule has 3 heterocycles. The van der Waals surface area contributed by atoms with Crippen molar-refractivity contribution in [3.05, 3.63) is 58.0 Å². The number of hydrogen-bond donors (Lipinski definition) is 1. The smallest absolute Gasteiger partial charge is 0.311 e. The number of benzene rings is 1. The summed E-state index contributed by atoms with van der Waals surface area (Å²) in [5.74, 6) is 1.26. The van der Waals surface area contributed by atoms with Gasteiger partial charge in [0.05, 0.1) is 22.0 Å². The first-order valence-corrected chi connectivity index (χ1v) is 7.96. The fourth-order valence-electron chi connectivity index (χ4n) is 3.34. The lowest BCUT2D eigenvalue weighted by atomic mass is 10.2. The van der Waals surface area contributed by atoms with Gasteiger partial charge in [-0.25, -0.2) is 9.97 Å². The van der Waals surface area contributed by atoms with Crippen LogP contribution in [0.25, 0.3) is 11.0 Å². The third-order valence-corrected chi connectivity index (χ3v) is 4.43. The zero-order chi connectivity index (χ0) is 16.7. The molecular formula is C17H17N5O2. The molecule has 0 spiro atoms. The SMILES string of the molecule is Cc1cnc(N2CCC[C@H]2c2nc3ccccc3[nH]2)c([N+](=O)[O-])c1. The lowest BCUT2D eigenvalue weighted by molar-refractivity contribution is -0.384. The van der Waals surface area contributed by atoms with E-state index in [0.29, 0.717) is 5.82 Å². The highest BCUT2D eigenvalue weighted by atomic mass is 16.6. The van der Waals surface area contributed by atoms with Gasteiger partial charge in [0.2, 0.25) is 5.82 Å². The van der Waals surface area contributed by atoms with Gasteiger partial charge in [-0.3, -0.25) is 10.1 Å². The van der Waals surface area contributed by atoms with Crippen LogP contribution in [0.1, 0.15) is 30.3 Å². The molecule has 24 heavy (non-hydrogen) atoms. The maximum Gasteiger partial charge on any atom is 0.311 e. The maximum atomic E-state index is 11.4. The summed E-state index contributed by atoms with van der Waals surface area (Å²) < 4.78 is 0. The average molecular weight is 323 g/mol. The van der Waals surface area contributed by atoms with E-state index in [9.17, 15) is 10.1 Å². The van der Waals surface area contributed by atoms with Gasteiger partial charge in [-0.2, -0.15) is 0 Å². The summed E-state index contributed by atoms with van der Waals surface area (Å²) in [6, 6.07) is 9.41. The van der Waals surface area contributed by atoms with Gasteiger partial charge in [0, 0.05) is 18.8 Å². The van der Waals surface area contributed by atoms with Gasteiger partial charge in [0.1, 0.15) is 5.82 Å². The third-order valence-electron chi connectivity index (χ3n) is 4.43. The Kier molecular flexibility index (Phi) is 3.41. The van der Waals surface area contributed by atoms with Crippen LogP contribution in [-0.2, 0) is 0 Å². The van der Waals surface area contributed by atoms with E-state index in [2.05, 4.69) is 15.0 Å². The van der Waals surface area contributed by atoms with E-state index in [4.69, 9.17) is 0 Å². The van der Waals surface area contributed by atoms with Crippen LogP contribution in [0.2, 0.25) is 0 Å². The zero-order valence-electron chi connectivity index (χ0n) is 13.3. The molecule has 0 saturated carbocycles. The molecule has 7 heteroatoms. The van der Waals surface area contributed by atoms with Crippen molar-refractivity contribution >= 4 is 22.5 Å². The van der Waals surface area contributed by atoms with E-state index in [0.717, 1.165) is 41.8 Å². The molecule has 0 amide bonds. The fourth-order valence-corrected chi connectivity index (χ4v) is 3.34. The molecule has 0 radical (unpaired) electrons. The quantitative estimate of drug-likeness (QED) is 0.588. The average Bonchev–Trinajstić information content (AvgIpc) is 3.20. The highest BCUT2D eigenvalue weighted by Crippen LogP contribution is 2.38. The molecular weight excluding hydrogens is 306 g/mol. The number of rotatable bonds is 3. The van der Waals surface area contributed by atoms with Crippen LogP contribution < -0.4 is 4.90 Å². The van der Waals surface area contributed by atoms with Crippen LogP contribution in [0.5, 0.6) is 0 Å². The Morgan fingerprint density at radius 3 is 3.00 bits per heavy atom. The minimum absolute atomic E-state index is 0.0219. The summed E-state index contributed by atoms with van der Waals surface area (Å²) in [5.41, 5.74) is 2.72. The van der Waals surface area contributed by atoms with Gasteiger partial charge < -0.3 is 9.88 Å². The Hall–Kier alpha value is -2.96. The number of hydrogen-bond acceptors (Lipinski definition) is 5. The number of anilines is 1. The largest absolute Gasteiger partial charge is 0.341 e. The van der Waals surface area contributed by atoms with Gasteiger partial charge in [-0.05, 0) is 37.5 Å². The van der Waals surface area contributed by atoms with Crippen molar-refractivity contribution in [3.8, 4) is 0 Å². The number of H-pyrrole nitrogens is 1. The standard InChI is InChI=1S/C17H17N5O2/c1-11-9-15(22(23)24)17(18-10-11)21-8-4-7-14(21)16-19-12-5-2-3-6-13(12)20-16/h2-3,5-6,9-10,14H,4,7-8H2,1H3,(H,19,20)/t14-/m0/s1. The molecule has 0 aliphatic carbocycles. The number of aromatic nitrogens is 3. The lowest BCUT2D eigenvalue weighted by Crippen LogP contribution is -2.25. The number of pyridine rings is 1. The van der Waals surface area contributed by atoms with Crippen molar-refractivity contribution in [2.75, 3.05) is 11.4 Å². The van der Waals surface area contributed by atoms with Gasteiger partial charge in [-0.1, -0.05) is 12.1 Å². The minimum Gasteiger partial charge on any atom is -0.341 e. The molecule has 0 unspecified atom stereocenters. The van der Waals surface area contributed by atoms with Crippen LogP contribution in [0.15, 0.2) is 36.5 Å². The first-order valence-electron chi connectivity index (χ1n) is 7.96. The van der Waals surface area contributed by atoms with E-state index in [1.165, 1.54) is 0 Å². The summed E-state index contributed by atoms with van der Waals surface area (Å²) in [6.45, 7) is 2.54. The number of aromatic amines is 1. The number of nitrogens with one attached hydrogen (secondary N) is 1. The molecule has 1 aliphatic rings. The first-order chi connectivity index (χ1) is 11.6. The van der Waals surface area contributed by atoms with Gasteiger partial charge in [0.15, 0.2) is 0 Å². The zero-order valence-corrected chi connectivity index (χ0v) is 13.3. The molecule has 1 N–H and O–H groups in total. The molecule has 1 aliphatic heterocycles. The van der Waals surface area contributed by atoms with E-state index >= 15 is 0 Å². The molecule has 122 valence electrons. The number of para-hydroxylation sites is 2. The Labute approximate surface area is 138 Å². The Morgan fingerprint density at radius 1 is 1.38 bits per heavy atom. The summed E-state index contributed by atoms with van der Waals surface area (Å²) in [7, 11) is 0. The number of nitro groups is 1. The summed E-state index contributed by atoms with van der Waals surface area (Å²) >= 11 is 0. The third kappa shape index (κ3) is 2.38. The molecule has 3 aromatic rings. The molecule has 2 aromatic heterocycles. The van der Waals surface area contributed by atoms with Crippen molar-refractivity contribution in [1.82, 2.24) is 15.0 Å². The highest BCUT2D eigenvalue weighted by Gasteiger charge is 2.33. The normalized spacial score (nSPS) is 17.5. The molecule has 0 bridgehead atoms. The van der Waals surface area contributed by atoms with E-state index < -0.39 is 0 Å². The van der Waals surface area contributed by atoms with Crippen LogP contribution in [-0.4, -0.2) is 26.4 Å². The van der Waals surface area contributed by atoms with Gasteiger partial charge in [-0.15, -0.1) is 0 Å². The van der Waals surface area contributed by atoms with Gasteiger partial charge in [0.25, 0.3) is 0 Å².